The second-order valence-corrected chi connectivity index (χ2v) is 16.3. The van der Waals surface area contributed by atoms with E-state index < -0.39 is 10.1 Å². The monoisotopic (exact) mass is 677 g/mol. The summed E-state index contributed by atoms with van der Waals surface area (Å²) < 4.78 is 31.3. The van der Waals surface area contributed by atoms with Crippen LogP contribution in [0.4, 0.5) is 0 Å². The van der Waals surface area contributed by atoms with Crippen LogP contribution in [0.2, 0.25) is 0 Å². The van der Waals surface area contributed by atoms with Gasteiger partial charge in [-0.25, -0.2) is 0 Å². The van der Waals surface area contributed by atoms with Gasteiger partial charge in [0.15, 0.2) is 0 Å². The van der Waals surface area contributed by atoms with E-state index in [4.69, 9.17) is 4.55 Å². The van der Waals surface area contributed by atoms with E-state index in [1.807, 2.05) is 12.1 Å². The van der Waals surface area contributed by atoms with Crippen LogP contribution in [0.15, 0.2) is 29.2 Å². The van der Waals surface area contributed by atoms with E-state index in [9.17, 15) is 8.42 Å². The number of unbranched alkanes of at least 4 members (excludes halogenated alkanes) is 34. The van der Waals surface area contributed by atoms with Crippen LogP contribution in [0.25, 0.3) is 0 Å². The molecule has 0 heterocycles. The molecule has 0 spiro atoms. The number of hydrogen-bond donors (Lipinski definition) is 1. The van der Waals surface area contributed by atoms with Crippen molar-refractivity contribution in [3.8, 4) is 0 Å². The molecule has 0 aliphatic rings. The lowest BCUT2D eigenvalue weighted by atomic mass is 10.0. The molecule has 3 nitrogen and oxygen atoms in total. The third-order valence-electron chi connectivity index (χ3n) is 10.3. The molecule has 0 aliphatic carbocycles. The smallest absolute Gasteiger partial charge is 0.282 e. The molecule has 0 aliphatic heterocycles. The summed E-state index contributed by atoms with van der Waals surface area (Å²) in [4.78, 5) is -0.0207. The van der Waals surface area contributed by atoms with Gasteiger partial charge in [0.05, 0.1) is 4.90 Å². The number of benzene rings is 1. The average Bonchev–Trinajstić information content (AvgIpc) is 3.06. The fourth-order valence-electron chi connectivity index (χ4n) is 7.06. The fraction of sp³-hybridized carbons (Fsp3) is 0.860. The molecule has 0 atom stereocenters. The SMILES string of the molecule is CCCCCCCCCCCCCCCCCCCCCCCCCCCCCCCCCCCCCc1ccc(S(=O)(=O)O)cc1. The van der Waals surface area contributed by atoms with Gasteiger partial charge in [-0.15, -0.1) is 0 Å². The lowest BCUT2D eigenvalue weighted by Gasteiger charge is -2.05. The molecule has 0 saturated heterocycles. The average molecular weight is 677 g/mol. The van der Waals surface area contributed by atoms with Crippen LogP contribution < -0.4 is 0 Å². The summed E-state index contributed by atoms with van der Waals surface area (Å²) in [5, 5.41) is 0. The molecular formula is C43H80O3S. The second kappa shape index (κ2) is 33.6. The number of rotatable bonds is 37. The molecule has 0 aromatic heterocycles. The Kier molecular flexibility index (Phi) is 31.6. The molecule has 0 saturated carbocycles. The van der Waals surface area contributed by atoms with Crippen LogP contribution in [0, 0.1) is 0 Å². The zero-order valence-corrected chi connectivity index (χ0v) is 32.3. The first-order valence-electron chi connectivity index (χ1n) is 21.1. The summed E-state index contributed by atoms with van der Waals surface area (Å²) in [6.07, 6.45) is 51.0. The van der Waals surface area contributed by atoms with Gasteiger partial charge in [0.1, 0.15) is 0 Å². The normalized spacial score (nSPS) is 11.9. The highest BCUT2D eigenvalue weighted by Gasteiger charge is 2.08. The summed E-state index contributed by atoms with van der Waals surface area (Å²) in [6, 6.07) is 6.62. The van der Waals surface area contributed by atoms with E-state index in [1.54, 1.807) is 0 Å². The van der Waals surface area contributed by atoms with Crippen molar-refractivity contribution < 1.29 is 13.0 Å². The Morgan fingerprint density at radius 2 is 0.574 bits per heavy atom. The summed E-state index contributed by atoms with van der Waals surface area (Å²) in [5.74, 6) is 0. The van der Waals surface area contributed by atoms with Crippen LogP contribution >= 0.6 is 0 Å². The topological polar surface area (TPSA) is 54.4 Å². The van der Waals surface area contributed by atoms with Crippen molar-refractivity contribution in [3.05, 3.63) is 29.8 Å². The Hall–Kier alpha value is -0.870. The molecule has 4 heteroatoms. The Labute approximate surface area is 295 Å². The van der Waals surface area contributed by atoms with Crippen molar-refractivity contribution in [2.45, 2.75) is 243 Å². The van der Waals surface area contributed by atoms with Crippen molar-refractivity contribution in [2.24, 2.45) is 0 Å². The van der Waals surface area contributed by atoms with Gasteiger partial charge in [0, 0.05) is 0 Å². The zero-order chi connectivity index (χ0) is 33.9. The molecule has 1 aromatic rings. The lowest BCUT2D eigenvalue weighted by molar-refractivity contribution is 0.483. The van der Waals surface area contributed by atoms with Gasteiger partial charge in [-0.3, -0.25) is 4.55 Å². The quantitative estimate of drug-likeness (QED) is 0.0563. The van der Waals surface area contributed by atoms with Crippen LogP contribution in [0.1, 0.15) is 237 Å². The van der Waals surface area contributed by atoms with Crippen molar-refractivity contribution >= 4 is 10.1 Å². The Morgan fingerprint density at radius 3 is 0.787 bits per heavy atom. The van der Waals surface area contributed by atoms with Crippen LogP contribution in [-0.4, -0.2) is 13.0 Å². The number of hydrogen-bond acceptors (Lipinski definition) is 2. The van der Waals surface area contributed by atoms with Crippen molar-refractivity contribution in [1.82, 2.24) is 0 Å². The summed E-state index contributed by atoms with van der Waals surface area (Å²) >= 11 is 0. The Morgan fingerprint density at radius 1 is 0.362 bits per heavy atom. The molecule has 0 bridgehead atoms. The standard InChI is InChI=1S/C43H80O3S/c1-2-3-4-5-6-7-8-9-10-11-12-13-14-15-16-17-18-19-20-21-22-23-24-25-26-27-28-29-30-31-32-33-34-35-36-37-42-38-40-43(41-39-42)47(44,45)46/h38-41H,2-37H2,1H3,(H,44,45,46). The van der Waals surface area contributed by atoms with Gasteiger partial charge in [-0.2, -0.15) is 8.42 Å². The first-order valence-corrected chi connectivity index (χ1v) is 22.5. The Balaban J connectivity index is 1.66. The molecular weight excluding hydrogens is 597 g/mol. The number of aryl methyl sites for hydroxylation is 1. The van der Waals surface area contributed by atoms with Gasteiger partial charge in [-0.05, 0) is 30.5 Å². The van der Waals surface area contributed by atoms with Gasteiger partial charge in [-0.1, -0.05) is 237 Å². The molecule has 0 fully saturated rings. The van der Waals surface area contributed by atoms with Gasteiger partial charge in [0.2, 0.25) is 0 Å². The van der Waals surface area contributed by atoms with E-state index >= 15 is 0 Å². The van der Waals surface area contributed by atoms with Gasteiger partial charge < -0.3 is 0 Å². The van der Waals surface area contributed by atoms with E-state index in [2.05, 4.69) is 6.92 Å². The third-order valence-corrected chi connectivity index (χ3v) is 11.2. The largest absolute Gasteiger partial charge is 0.294 e. The fourth-order valence-corrected chi connectivity index (χ4v) is 7.54. The predicted molar refractivity (Wildman–Crippen MR) is 207 cm³/mol. The highest BCUT2D eigenvalue weighted by Crippen LogP contribution is 2.18. The molecule has 276 valence electrons. The summed E-state index contributed by atoms with van der Waals surface area (Å²) in [5.41, 5.74) is 1.14. The highest BCUT2D eigenvalue weighted by molar-refractivity contribution is 7.85. The van der Waals surface area contributed by atoms with Crippen LogP contribution in [0.3, 0.4) is 0 Å². The molecule has 1 rings (SSSR count). The van der Waals surface area contributed by atoms with E-state index in [-0.39, 0.29) is 4.90 Å². The third kappa shape index (κ3) is 30.9. The molecule has 0 radical (unpaired) electrons. The van der Waals surface area contributed by atoms with Gasteiger partial charge >= 0.3 is 0 Å². The lowest BCUT2D eigenvalue weighted by Crippen LogP contribution is -1.98. The molecule has 1 N–H and O–H groups in total. The van der Waals surface area contributed by atoms with Crippen molar-refractivity contribution in [3.63, 3.8) is 0 Å². The van der Waals surface area contributed by atoms with E-state index in [0.717, 1.165) is 18.4 Å². The summed E-state index contributed by atoms with van der Waals surface area (Å²) in [7, 11) is -4.08. The maximum Gasteiger partial charge on any atom is 0.294 e. The molecule has 0 amide bonds. The van der Waals surface area contributed by atoms with Crippen molar-refractivity contribution in [2.75, 3.05) is 0 Å². The van der Waals surface area contributed by atoms with Crippen molar-refractivity contribution in [1.29, 1.82) is 0 Å². The summed E-state index contributed by atoms with van der Waals surface area (Å²) in [6.45, 7) is 2.30. The predicted octanol–water partition coefficient (Wildman–Crippen LogP) is 15.1. The van der Waals surface area contributed by atoms with E-state index in [0.29, 0.717) is 0 Å². The molecule has 1 aromatic carbocycles. The molecule has 47 heavy (non-hydrogen) atoms. The molecule has 0 unspecified atom stereocenters. The minimum Gasteiger partial charge on any atom is -0.282 e. The maximum atomic E-state index is 11.1. The minimum absolute atomic E-state index is 0.0207. The van der Waals surface area contributed by atoms with Crippen LogP contribution in [-0.2, 0) is 16.5 Å². The zero-order valence-electron chi connectivity index (χ0n) is 31.4. The maximum absolute atomic E-state index is 11.1. The second-order valence-electron chi connectivity index (χ2n) is 14.9. The minimum atomic E-state index is -4.08. The first kappa shape index (κ1) is 44.2. The van der Waals surface area contributed by atoms with Gasteiger partial charge in [0.25, 0.3) is 10.1 Å². The van der Waals surface area contributed by atoms with E-state index in [1.165, 1.54) is 230 Å². The highest BCUT2D eigenvalue weighted by atomic mass is 32.2. The Bertz CT molecular complexity index is 864. The van der Waals surface area contributed by atoms with Crippen LogP contribution in [0.5, 0.6) is 0 Å². The first-order chi connectivity index (χ1) is 23.0.